The maximum atomic E-state index is 11.3. The van der Waals surface area contributed by atoms with Gasteiger partial charge in [-0.1, -0.05) is 11.6 Å². The Morgan fingerprint density at radius 3 is 2.83 bits per heavy atom. The van der Waals surface area contributed by atoms with Crippen LogP contribution in [0.3, 0.4) is 0 Å². The van der Waals surface area contributed by atoms with Crippen molar-refractivity contribution in [2.45, 2.75) is 18.9 Å². The van der Waals surface area contributed by atoms with Gasteiger partial charge in [0.1, 0.15) is 11.5 Å². The Bertz CT molecular complexity index is 719. The van der Waals surface area contributed by atoms with Crippen LogP contribution in [0.1, 0.15) is 23.3 Å². The zero-order chi connectivity index (χ0) is 16.2. The fraction of sp³-hybridized carbons (Fsp3) is 0.333. The highest BCUT2D eigenvalue weighted by Crippen LogP contribution is 2.27. The van der Waals surface area contributed by atoms with Crippen LogP contribution in [0.2, 0.25) is 5.02 Å². The summed E-state index contributed by atoms with van der Waals surface area (Å²) in [6.45, 7) is 1.48. The second kappa shape index (κ2) is 6.89. The summed E-state index contributed by atoms with van der Waals surface area (Å²) in [5.41, 5.74) is 6.51. The number of amides is 1. The summed E-state index contributed by atoms with van der Waals surface area (Å²) in [4.78, 5) is 23.9. The smallest absolute Gasteiger partial charge is 0.267 e. The molecule has 1 aliphatic heterocycles. The summed E-state index contributed by atoms with van der Waals surface area (Å²) in [6, 6.07) is 1.83. The van der Waals surface area contributed by atoms with E-state index in [-0.39, 0.29) is 5.69 Å². The summed E-state index contributed by atoms with van der Waals surface area (Å²) >= 11 is 6.16. The molecule has 0 atom stereocenters. The number of hydrogen-bond acceptors (Lipinski definition) is 6. The van der Waals surface area contributed by atoms with E-state index >= 15 is 0 Å². The molecule has 0 aliphatic carbocycles. The molecule has 0 radical (unpaired) electrons. The Labute approximate surface area is 138 Å². The Balaban J connectivity index is 1.87. The van der Waals surface area contributed by atoms with Gasteiger partial charge in [0, 0.05) is 31.0 Å². The Hall–Kier alpha value is -2.25. The first kappa shape index (κ1) is 15.6. The van der Waals surface area contributed by atoms with Crippen LogP contribution in [-0.2, 0) is 4.74 Å². The van der Waals surface area contributed by atoms with Crippen LogP contribution in [0.4, 0.5) is 5.82 Å². The summed E-state index contributed by atoms with van der Waals surface area (Å²) in [5.74, 6) is 0.0373. The van der Waals surface area contributed by atoms with Crippen molar-refractivity contribution in [2.24, 2.45) is 5.73 Å². The molecule has 0 aromatic carbocycles. The number of carbonyl (C=O) groups excluding carboxylic acids is 1. The molecule has 7 nitrogen and oxygen atoms in total. The van der Waals surface area contributed by atoms with Gasteiger partial charge in [0.05, 0.1) is 23.1 Å². The van der Waals surface area contributed by atoms with Gasteiger partial charge in [-0.2, -0.15) is 0 Å². The lowest BCUT2D eigenvalue weighted by molar-refractivity contribution is 0.0903. The van der Waals surface area contributed by atoms with Crippen LogP contribution in [0.5, 0.6) is 0 Å². The fourth-order valence-corrected chi connectivity index (χ4v) is 2.59. The largest absolute Gasteiger partial charge is 0.381 e. The minimum absolute atomic E-state index is 0.133. The Morgan fingerprint density at radius 2 is 2.09 bits per heavy atom. The molecule has 1 saturated heterocycles. The molecule has 120 valence electrons. The monoisotopic (exact) mass is 333 g/mol. The van der Waals surface area contributed by atoms with Crippen molar-refractivity contribution in [3.63, 3.8) is 0 Å². The van der Waals surface area contributed by atoms with Crippen LogP contribution in [0.15, 0.2) is 24.7 Å². The van der Waals surface area contributed by atoms with Crippen LogP contribution < -0.4 is 11.1 Å². The van der Waals surface area contributed by atoms with Crippen molar-refractivity contribution in [1.29, 1.82) is 0 Å². The molecule has 0 saturated carbocycles. The minimum atomic E-state index is -0.618. The van der Waals surface area contributed by atoms with Crippen molar-refractivity contribution in [1.82, 2.24) is 15.0 Å². The first-order valence-electron chi connectivity index (χ1n) is 7.25. The molecular formula is C15H16ClN5O2. The molecule has 0 unspecified atom stereocenters. The molecule has 23 heavy (non-hydrogen) atoms. The Morgan fingerprint density at radius 1 is 1.30 bits per heavy atom. The molecule has 0 spiro atoms. The van der Waals surface area contributed by atoms with Gasteiger partial charge in [0.15, 0.2) is 0 Å². The molecule has 1 fully saturated rings. The van der Waals surface area contributed by atoms with E-state index in [1.165, 1.54) is 12.3 Å². The van der Waals surface area contributed by atoms with Gasteiger partial charge in [-0.15, -0.1) is 0 Å². The van der Waals surface area contributed by atoms with Gasteiger partial charge in [0.2, 0.25) is 0 Å². The lowest BCUT2D eigenvalue weighted by Crippen LogP contribution is -2.28. The number of anilines is 1. The molecule has 3 rings (SSSR count). The van der Waals surface area contributed by atoms with E-state index in [9.17, 15) is 4.79 Å². The number of primary amides is 1. The highest BCUT2D eigenvalue weighted by Gasteiger charge is 2.15. The first-order chi connectivity index (χ1) is 11.1. The van der Waals surface area contributed by atoms with Crippen LogP contribution >= 0.6 is 11.6 Å². The summed E-state index contributed by atoms with van der Waals surface area (Å²) in [5, 5.41) is 3.73. The number of hydrogen-bond donors (Lipinski definition) is 2. The molecule has 1 aliphatic rings. The van der Waals surface area contributed by atoms with E-state index < -0.39 is 5.91 Å². The second-order valence-electron chi connectivity index (χ2n) is 5.23. The highest BCUT2D eigenvalue weighted by atomic mass is 35.5. The maximum Gasteiger partial charge on any atom is 0.267 e. The number of aromatic nitrogens is 3. The van der Waals surface area contributed by atoms with Gasteiger partial charge in [-0.3, -0.25) is 9.78 Å². The van der Waals surface area contributed by atoms with Gasteiger partial charge < -0.3 is 15.8 Å². The number of nitrogens with zero attached hydrogens (tertiary/aromatic N) is 3. The number of rotatable bonds is 4. The molecule has 3 heterocycles. The van der Waals surface area contributed by atoms with E-state index in [0.717, 1.165) is 26.1 Å². The SMILES string of the molecule is NC(=O)c1cc(-c2cncc(NC3CCOCC3)n2)c(Cl)cn1. The maximum absolute atomic E-state index is 11.3. The average molecular weight is 334 g/mol. The van der Waals surface area contributed by atoms with Crippen molar-refractivity contribution in [3.8, 4) is 11.3 Å². The predicted octanol–water partition coefficient (Wildman–Crippen LogP) is 1.88. The first-order valence-corrected chi connectivity index (χ1v) is 7.63. The van der Waals surface area contributed by atoms with E-state index in [1.54, 1.807) is 12.4 Å². The van der Waals surface area contributed by atoms with Crippen LogP contribution in [0.25, 0.3) is 11.3 Å². The lowest BCUT2D eigenvalue weighted by Gasteiger charge is -2.23. The normalized spacial score (nSPS) is 15.3. The fourth-order valence-electron chi connectivity index (χ4n) is 2.39. The van der Waals surface area contributed by atoms with Crippen molar-refractivity contribution in [3.05, 3.63) is 35.4 Å². The van der Waals surface area contributed by atoms with E-state index in [1.807, 2.05) is 0 Å². The molecule has 3 N–H and O–H groups in total. The van der Waals surface area contributed by atoms with Crippen molar-refractivity contribution < 1.29 is 9.53 Å². The standard InChI is InChI=1S/C15H16ClN5O2/c16-11-6-19-12(15(17)22)5-10(11)13-7-18-8-14(21-13)20-9-1-3-23-4-2-9/h5-9H,1-4H2,(H2,17,22)(H,20,21). The molecule has 2 aromatic rings. The number of pyridine rings is 1. The van der Waals surface area contributed by atoms with Crippen LogP contribution in [0, 0.1) is 0 Å². The summed E-state index contributed by atoms with van der Waals surface area (Å²) in [7, 11) is 0. The Kier molecular flexibility index (Phi) is 4.68. The average Bonchev–Trinajstić information content (AvgIpc) is 2.56. The minimum Gasteiger partial charge on any atom is -0.381 e. The number of nitrogens with two attached hydrogens (primary N) is 1. The predicted molar refractivity (Wildman–Crippen MR) is 86.3 cm³/mol. The zero-order valence-corrected chi connectivity index (χ0v) is 13.1. The molecule has 0 bridgehead atoms. The van der Waals surface area contributed by atoms with Gasteiger partial charge >= 0.3 is 0 Å². The number of ether oxygens (including phenoxy) is 1. The van der Waals surface area contributed by atoms with Gasteiger partial charge in [-0.05, 0) is 18.9 Å². The lowest BCUT2D eigenvalue weighted by atomic mass is 10.1. The van der Waals surface area contributed by atoms with Crippen LogP contribution in [-0.4, -0.2) is 40.1 Å². The zero-order valence-electron chi connectivity index (χ0n) is 12.3. The third-order valence-electron chi connectivity index (χ3n) is 3.59. The second-order valence-corrected chi connectivity index (χ2v) is 5.64. The molecule has 2 aromatic heterocycles. The number of carbonyl (C=O) groups is 1. The number of halogens is 1. The number of nitrogens with one attached hydrogen (secondary N) is 1. The summed E-state index contributed by atoms with van der Waals surface area (Å²) < 4.78 is 5.34. The molecule has 8 heteroatoms. The highest BCUT2D eigenvalue weighted by molar-refractivity contribution is 6.33. The van der Waals surface area contributed by atoms with Crippen molar-refractivity contribution in [2.75, 3.05) is 18.5 Å². The topological polar surface area (TPSA) is 103 Å². The third-order valence-corrected chi connectivity index (χ3v) is 3.89. The van der Waals surface area contributed by atoms with Gasteiger partial charge in [-0.25, -0.2) is 9.97 Å². The third kappa shape index (κ3) is 3.75. The van der Waals surface area contributed by atoms with E-state index in [0.29, 0.717) is 28.1 Å². The van der Waals surface area contributed by atoms with Crippen molar-refractivity contribution >= 4 is 23.3 Å². The van der Waals surface area contributed by atoms with E-state index in [4.69, 9.17) is 22.1 Å². The van der Waals surface area contributed by atoms with E-state index in [2.05, 4.69) is 20.3 Å². The van der Waals surface area contributed by atoms with Gasteiger partial charge in [0.25, 0.3) is 5.91 Å². The molecule has 1 amide bonds. The molecular weight excluding hydrogens is 318 g/mol. The quantitative estimate of drug-likeness (QED) is 0.885. The summed E-state index contributed by atoms with van der Waals surface area (Å²) in [6.07, 6.45) is 6.48.